The molecular weight excluding hydrogens is 321 g/mol. The Labute approximate surface area is 130 Å². The minimum absolute atomic E-state index is 0.00508. The molecule has 0 spiro atoms. The highest BCUT2D eigenvalue weighted by Crippen LogP contribution is 2.30. The van der Waals surface area contributed by atoms with Crippen molar-refractivity contribution < 1.29 is 13.5 Å². The summed E-state index contributed by atoms with van der Waals surface area (Å²) in [6.45, 7) is 4.37. The summed E-state index contributed by atoms with van der Waals surface area (Å²) < 4.78 is 26.7. The second-order valence-corrected chi connectivity index (χ2v) is 7.16. The van der Waals surface area contributed by atoms with Crippen LogP contribution in [0.2, 0.25) is 10.0 Å². The first kappa shape index (κ1) is 17.7. The lowest BCUT2D eigenvalue weighted by molar-refractivity contribution is 0.281. The molecule has 1 rings (SSSR count). The van der Waals surface area contributed by atoms with E-state index in [4.69, 9.17) is 23.2 Å². The molecule has 0 atom stereocenters. The molecule has 1 N–H and O–H groups in total. The molecule has 0 aromatic heterocycles. The topological polar surface area (TPSA) is 57.6 Å². The van der Waals surface area contributed by atoms with Gasteiger partial charge >= 0.3 is 0 Å². The van der Waals surface area contributed by atoms with E-state index in [0.29, 0.717) is 18.7 Å². The van der Waals surface area contributed by atoms with Crippen LogP contribution in [0.25, 0.3) is 0 Å². The molecule has 1 aromatic carbocycles. The molecule has 7 heteroatoms. The predicted molar refractivity (Wildman–Crippen MR) is 81.7 cm³/mol. The van der Waals surface area contributed by atoms with Gasteiger partial charge in [-0.3, -0.25) is 0 Å². The highest BCUT2D eigenvalue weighted by atomic mass is 35.5. The summed E-state index contributed by atoms with van der Waals surface area (Å²) in [4.78, 5) is -0.00508. The maximum Gasteiger partial charge on any atom is 0.244 e. The number of halogens is 2. The molecular formula is C13H19Cl2NO3S. The van der Waals surface area contributed by atoms with E-state index in [2.05, 4.69) is 0 Å². The molecule has 20 heavy (non-hydrogen) atoms. The van der Waals surface area contributed by atoms with E-state index < -0.39 is 10.0 Å². The molecule has 114 valence electrons. The minimum Gasteiger partial charge on any atom is -0.392 e. The lowest BCUT2D eigenvalue weighted by Gasteiger charge is -2.22. The van der Waals surface area contributed by atoms with Crippen LogP contribution in [0.15, 0.2) is 17.0 Å². The fourth-order valence-electron chi connectivity index (χ4n) is 1.88. The lowest BCUT2D eigenvalue weighted by Crippen LogP contribution is -2.32. The first-order chi connectivity index (χ1) is 9.38. The van der Waals surface area contributed by atoms with Crippen molar-refractivity contribution in [2.75, 3.05) is 13.1 Å². The largest absolute Gasteiger partial charge is 0.392 e. The first-order valence-corrected chi connectivity index (χ1v) is 8.67. The highest BCUT2D eigenvalue weighted by molar-refractivity contribution is 7.89. The van der Waals surface area contributed by atoms with Crippen molar-refractivity contribution in [3.05, 3.63) is 27.7 Å². The van der Waals surface area contributed by atoms with Crippen LogP contribution in [0.3, 0.4) is 0 Å². The van der Waals surface area contributed by atoms with Gasteiger partial charge in [-0.15, -0.1) is 0 Å². The molecule has 0 aliphatic carbocycles. The van der Waals surface area contributed by atoms with Crippen molar-refractivity contribution in [1.82, 2.24) is 4.31 Å². The predicted octanol–water partition coefficient (Wildman–Crippen LogP) is 3.30. The van der Waals surface area contributed by atoms with E-state index in [1.54, 1.807) is 0 Å². The SMILES string of the molecule is CCCN(CCC)S(=O)(=O)c1cc(CO)c(Cl)cc1Cl. The van der Waals surface area contributed by atoms with Gasteiger partial charge < -0.3 is 5.11 Å². The van der Waals surface area contributed by atoms with Crippen molar-refractivity contribution in [3.63, 3.8) is 0 Å². The van der Waals surface area contributed by atoms with E-state index in [0.717, 1.165) is 12.8 Å². The average molecular weight is 340 g/mol. The van der Waals surface area contributed by atoms with Crippen LogP contribution in [0, 0.1) is 0 Å². The van der Waals surface area contributed by atoms with Crippen LogP contribution in [0.1, 0.15) is 32.3 Å². The average Bonchev–Trinajstić information content (AvgIpc) is 2.38. The van der Waals surface area contributed by atoms with E-state index in [9.17, 15) is 13.5 Å². The number of aliphatic hydroxyl groups is 1. The van der Waals surface area contributed by atoms with Crippen molar-refractivity contribution in [2.24, 2.45) is 0 Å². The molecule has 0 aliphatic rings. The third-order valence-electron chi connectivity index (χ3n) is 2.84. The van der Waals surface area contributed by atoms with Crippen molar-refractivity contribution >= 4 is 33.2 Å². The molecule has 0 aliphatic heterocycles. The van der Waals surface area contributed by atoms with Gasteiger partial charge in [0.2, 0.25) is 10.0 Å². The molecule has 0 heterocycles. The zero-order valence-corrected chi connectivity index (χ0v) is 13.9. The van der Waals surface area contributed by atoms with Crippen LogP contribution in [-0.2, 0) is 16.6 Å². The maximum absolute atomic E-state index is 12.6. The van der Waals surface area contributed by atoms with E-state index in [-0.39, 0.29) is 21.5 Å². The van der Waals surface area contributed by atoms with Crippen LogP contribution in [-0.4, -0.2) is 30.9 Å². The number of aliphatic hydroxyl groups excluding tert-OH is 1. The summed E-state index contributed by atoms with van der Waals surface area (Å²) in [5.74, 6) is 0. The van der Waals surface area contributed by atoms with Crippen LogP contribution in [0.5, 0.6) is 0 Å². The quantitative estimate of drug-likeness (QED) is 0.829. The maximum atomic E-state index is 12.6. The van der Waals surface area contributed by atoms with E-state index in [1.165, 1.54) is 16.4 Å². The van der Waals surface area contributed by atoms with Gasteiger partial charge in [-0.25, -0.2) is 8.42 Å². The van der Waals surface area contributed by atoms with Crippen molar-refractivity contribution in [3.8, 4) is 0 Å². The summed E-state index contributed by atoms with van der Waals surface area (Å²) >= 11 is 11.9. The standard InChI is InChI=1S/C13H19Cl2NO3S/c1-3-5-16(6-4-2)20(18,19)13-7-10(9-17)11(14)8-12(13)15/h7-8,17H,3-6,9H2,1-2H3. The monoisotopic (exact) mass is 339 g/mol. The Morgan fingerprint density at radius 3 is 2.10 bits per heavy atom. The summed E-state index contributed by atoms with van der Waals surface area (Å²) in [6.07, 6.45) is 1.44. The molecule has 0 saturated carbocycles. The fraction of sp³-hybridized carbons (Fsp3) is 0.538. The van der Waals surface area contributed by atoms with Crippen molar-refractivity contribution in [1.29, 1.82) is 0 Å². The van der Waals surface area contributed by atoms with Gasteiger partial charge in [0.25, 0.3) is 0 Å². The summed E-state index contributed by atoms with van der Waals surface area (Å²) in [7, 11) is -3.67. The number of hydrogen-bond donors (Lipinski definition) is 1. The number of hydrogen-bond acceptors (Lipinski definition) is 3. The Bertz CT molecular complexity index is 555. The molecule has 0 unspecified atom stereocenters. The second kappa shape index (κ2) is 7.61. The third kappa shape index (κ3) is 3.86. The lowest BCUT2D eigenvalue weighted by atomic mass is 10.2. The molecule has 0 radical (unpaired) electrons. The van der Waals surface area contributed by atoms with Gasteiger partial charge in [0, 0.05) is 18.1 Å². The molecule has 1 aromatic rings. The Morgan fingerprint density at radius 2 is 1.65 bits per heavy atom. The third-order valence-corrected chi connectivity index (χ3v) is 5.55. The Kier molecular flexibility index (Phi) is 6.75. The van der Waals surface area contributed by atoms with Crippen LogP contribution < -0.4 is 0 Å². The van der Waals surface area contributed by atoms with Gasteiger partial charge in [-0.2, -0.15) is 4.31 Å². The number of sulfonamides is 1. The first-order valence-electron chi connectivity index (χ1n) is 6.47. The Balaban J connectivity index is 3.32. The zero-order chi connectivity index (χ0) is 15.3. The van der Waals surface area contributed by atoms with Crippen molar-refractivity contribution in [2.45, 2.75) is 38.2 Å². The molecule has 4 nitrogen and oxygen atoms in total. The fourth-order valence-corrected chi connectivity index (χ4v) is 4.34. The summed E-state index contributed by atoms with van der Waals surface area (Å²) in [6, 6.07) is 2.70. The summed E-state index contributed by atoms with van der Waals surface area (Å²) in [5, 5.41) is 9.54. The molecule has 0 amide bonds. The van der Waals surface area contributed by atoms with Gasteiger partial charge in [0.1, 0.15) is 4.90 Å². The minimum atomic E-state index is -3.67. The van der Waals surface area contributed by atoms with E-state index >= 15 is 0 Å². The molecule has 0 saturated heterocycles. The molecule has 0 bridgehead atoms. The summed E-state index contributed by atoms with van der Waals surface area (Å²) in [5.41, 5.74) is 0.350. The second-order valence-electron chi connectivity index (χ2n) is 4.44. The number of benzene rings is 1. The van der Waals surface area contributed by atoms with Gasteiger partial charge in [0.05, 0.1) is 11.6 Å². The van der Waals surface area contributed by atoms with Gasteiger partial charge in [-0.1, -0.05) is 37.0 Å². The molecule has 0 fully saturated rings. The highest BCUT2D eigenvalue weighted by Gasteiger charge is 2.26. The Hall–Kier alpha value is -0.330. The van der Waals surface area contributed by atoms with Crippen LogP contribution in [0.4, 0.5) is 0 Å². The van der Waals surface area contributed by atoms with Gasteiger partial charge in [-0.05, 0) is 30.5 Å². The van der Waals surface area contributed by atoms with E-state index in [1.807, 2.05) is 13.8 Å². The zero-order valence-electron chi connectivity index (χ0n) is 11.6. The normalized spacial score (nSPS) is 12.1. The number of rotatable bonds is 7. The number of nitrogens with zero attached hydrogens (tertiary/aromatic N) is 1. The smallest absolute Gasteiger partial charge is 0.244 e. The van der Waals surface area contributed by atoms with Gasteiger partial charge in [0.15, 0.2) is 0 Å². The Morgan fingerprint density at radius 1 is 1.10 bits per heavy atom. The van der Waals surface area contributed by atoms with Crippen LogP contribution >= 0.6 is 23.2 Å².